The second kappa shape index (κ2) is 6.58. The average Bonchev–Trinajstić information content (AvgIpc) is 1.97. The molecule has 0 saturated heterocycles. The van der Waals surface area contributed by atoms with Gasteiger partial charge in [0.25, 0.3) is 0 Å². The van der Waals surface area contributed by atoms with Crippen molar-refractivity contribution < 1.29 is 4.74 Å². The fraction of sp³-hybridized carbons (Fsp3) is 1.00. The molecule has 0 aliphatic carbocycles. The van der Waals surface area contributed by atoms with Crippen molar-refractivity contribution >= 4 is 0 Å². The molecule has 0 radical (unpaired) electrons. The largest absolute Gasteiger partial charge is 0.383 e. The van der Waals surface area contributed by atoms with Crippen LogP contribution in [0.2, 0.25) is 0 Å². The Labute approximate surface area is 69.5 Å². The summed E-state index contributed by atoms with van der Waals surface area (Å²) in [6.45, 7) is 7.94. The fourth-order valence-electron chi connectivity index (χ4n) is 1.01. The molecule has 0 fully saturated rings. The van der Waals surface area contributed by atoms with Crippen LogP contribution in [-0.2, 0) is 4.74 Å². The van der Waals surface area contributed by atoms with Crippen LogP contribution in [0.15, 0.2) is 0 Å². The maximum absolute atomic E-state index is 5.66. The third-order valence-electron chi connectivity index (χ3n) is 1.61. The molecule has 0 spiro atoms. The lowest BCUT2D eigenvalue weighted by Crippen LogP contribution is -2.37. The van der Waals surface area contributed by atoms with Gasteiger partial charge in [0.1, 0.15) is 0 Å². The Kier molecular flexibility index (Phi) is 6.51. The van der Waals surface area contributed by atoms with Crippen LogP contribution < -0.4 is 5.73 Å². The molecule has 0 aromatic heterocycles. The highest BCUT2D eigenvalue weighted by molar-refractivity contribution is 4.61. The summed E-state index contributed by atoms with van der Waals surface area (Å²) >= 11 is 0. The maximum Gasteiger partial charge on any atom is 0.0589 e. The van der Waals surface area contributed by atoms with Crippen molar-refractivity contribution in [2.45, 2.75) is 19.9 Å². The van der Waals surface area contributed by atoms with Crippen molar-refractivity contribution in [2.24, 2.45) is 5.73 Å². The number of nitrogens with two attached hydrogens (primary N) is 1. The van der Waals surface area contributed by atoms with Gasteiger partial charge in [-0.25, -0.2) is 0 Å². The van der Waals surface area contributed by atoms with Gasteiger partial charge in [-0.2, -0.15) is 0 Å². The number of hydrogen-bond acceptors (Lipinski definition) is 3. The molecule has 1 atom stereocenters. The zero-order valence-electron chi connectivity index (χ0n) is 7.84. The Morgan fingerprint density at radius 3 is 2.55 bits per heavy atom. The average molecular weight is 160 g/mol. The van der Waals surface area contributed by atoms with E-state index in [2.05, 4.69) is 11.8 Å². The van der Waals surface area contributed by atoms with E-state index in [0.29, 0.717) is 0 Å². The summed E-state index contributed by atoms with van der Waals surface area (Å²) in [7, 11) is 1.72. The smallest absolute Gasteiger partial charge is 0.0589 e. The van der Waals surface area contributed by atoms with Crippen LogP contribution in [0.4, 0.5) is 0 Å². The summed E-state index contributed by atoms with van der Waals surface area (Å²) in [4.78, 5) is 2.29. The van der Waals surface area contributed by atoms with E-state index in [0.717, 1.165) is 26.2 Å². The Bertz CT molecular complexity index is 86.2. The monoisotopic (exact) mass is 160 g/mol. The normalized spacial score (nSPS) is 13.9. The molecule has 3 nitrogen and oxygen atoms in total. The number of ether oxygens (including phenoxy) is 1. The van der Waals surface area contributed by atoms with E-state index in [-0.39, 0.29) is 6.04 Å². The molecule has 0 rings (SSSR count). The van der Waals surface area contributed by atoms with Gasteiger partial charge in [-0.1, -0.05) is 6.92 Å². The van der Waals surface area contributed by atoms with Gasteiger partial charge < -0.3 is 10.5 Å². The first kappa shape index (κ1) is 10.9. The minimum absolute atomic E-state index is 0.256. The molecule has 0 aliphatic rings. The molecule has 0 amide bonds. The number of rotatable bonds is 6. The minimum atomic E-state index is 0.256. The summed E-state index contributed by atoms with van der Waals surface area (Å²) in [5, 5.41) is 0. The second-order valence-corrected chi connectivity index (χ2v) is 2.86. The summed E-state index contributed by atoms with van der Waals surface area (Å²) in [6, 6.07) is 0.256. The van der Waals surface area contributed by atoms with Crippen molar-refractivity contribution in [3.63, 3.8) is 0 Å². The van der Waals surface area contributed by atoms with Crippen LogP contribution >= 0.6 is 0 Å². The molecule has 0 aliphatic heterocycles. The Balaban J connectivity index is 3.41. The van der Waals surface area contributed by atoms with Crippen LogP contribution in [-0.4, -0.2) is 44.3 Å². The number of nitrogens with zero attached hydrogens (tertiary/aromatic N) is 1. The number of methoxy groups -OCH3 is 1. The molecule has 0 aromatic rings. The summed E-state index contributed by atoms with van der Waals surface area (Å²) < 4.78 is 4.97. The highest BCUT2D eigenvalue weighted by Gasteiger charge is 2.03. The molecule has 68 valence electrons. The van der Waals surface area contributed by atoms with Crippen LogP contribution in [0.5, 0.6) is 0 Å². The van der Waals surface area contributed by atoms with Crippen molar-refractivity contribution in [3.8, 4) is 0 Å². The molecule has 1 unspecified atom stereocenters. The van der Waals surface area contributed by atoms with Crippen molar-refractivity contribution in [2.75, 3.05) is 33.4 Å². The summed E-state index contributed by atoms with van der Waals surface area (Å²) in [6.07, 6.45) is 0. The topological polar surface area (TPSA) is 38.5 Å². The van der Waals surface area contributed by atoms with Gasteiger partial charge in [0, 0.05) is 26.2 Å². The lowest BCUT2D eigenvalue weighted by Gasteiger charge is -2.21. The minimum Gasteiger partial charge on any atom is -0.383 e. The summed E-state index contributed by atoms with van der Waals surface area (Å²) in [5.74, 6) is 0. The standard InChI is InChI=1S/C8H20N2O/c1-4-10(5-6-11-3)7-8(2)9/h8H,4-7,9H2,1-3H3. The van der Waals surface area contributed by atoms with Gasteiger partial charge >= 0.3 is 0 Å². The van der Waals surface area contributed by atoms with E-state index in [1.165, 1.54) is 0 Å². The molecule has 2 N–H and O–H groups in total. The van der Waals surface area contributed by atoms with E-state index in [1.807, 2.05) is 6.92 Å². The third kappa shape index (κ3) is 6.28. The lowest BCUT2D eigenvalue weighted by atomic mass is 10.3. The van der Waals surface area contributed by atoms with Crippen molar-refractivity contribution in [3.05, 3.63) is 0 Å². The molecule has 0 saturated carbocycles. The first-order valence-electron chi connectivity index (χ1n) is 4.17. The Hall–Kier alpha value is -0.120. The van der Waals surface area contributed by atoms with E-state index in [9.17, 15) is 0 Å². The van der Waals surface area contributed by atoms with Crippen LogP contribution in [0.1, 0.15) is 13.8 Å². The molecule has 3 heteroatoms. The molecule has 0 aromatic carbocycles. The van der Waals surface area contributed by atoms with Gasteiger partial charge in [0.2, 0.25) is 0 Å². The molecule has 11 heavy (non-hydrogen) atoms. The fourth-order valence-corrected chi connectivity index (χ4v) is 1.01. The molecule has 0 bridgehead atoms. The van der Waals surface area contributed by atoms with E-state index in [1.54, 1.807) is 7.11 Å². The van der Waals surface area contributed by atoms with E-state index < -0.39 is 0 Å². The predicted octanol–water partition coefficient (Wildman–Crippen LogP) is 0.302. The molecular formula is C8H20N2O. The lowest BCUT2D eigenvalue weighted by molar-refractivity contribution is 0.148. The van der Waals surface area contributed by atoms with Gasteiger partial charge in [0.15, 0.2) is 0 Å². The SMILES string of the molecule is CCN(CCOC)CC(C)N. The number of hydrogen-bond donors (Lipinski definition) is 1. The first-order chi connectivity index (χ1) is 5.20. The molecule has 0 heterocycles. The maximum atomic E-state index is 5.66. The van der Waals surface area contributed by atoms with E-state index in [4.69, 9.17) is 10.5 Å². The quantitative estimate of drug-likeness (QED) is 0.607. The van der Waals surface area contributed by atoms with Crippen molar-refractivity contribution in [1.29, 1.82) is 0 Å². The third-order valence-corrected chi connectivity index (χ3v) is 1.61. The second-order valence-electron chi connectivity index (χ2n) is 2.86. The van der Waals surface area contributed by atoms with Crippen molar-refractivity contribution in [1.82, 2.24) is 4.90 Å². The predicted molar refractivity (Wildman–Crippen MR) is 47.6 cm³/mol. The Morgan fingerprint density at radius 2 is 2.18 bits per heavy atom. The first-order valence-corrected chi connectivity index (χ1v) is 4.17. The summed E-state index contributed by atoms with van der Waals surface area (Å²) in [5.41, 5.74) is 5.66. The van der Waals surface area contributed by atoms with Gasteiger partial charge in [0.05, 0.1) is 6.61 Å². The number of likely N-dealkylation sites (N-methyl/N-ethyl adjacent to an activating group) is 1. The van der Waals surface area contributed by atoms with Crippen LogP contribution in [0.3, 0.4) is 0 Å². The van der Waals surface area contributed by atoms with Crippen LogP contribution in [0.25, 0.3) is 0 Å². The zero-order chi connectivity index (χ0) is 8.69. The highest BCUT2D eigenvalue weighted by Crippen LogP contribution is 1.89. The van der Waals surface area contributed by atoms with Gasteiger partial charge in [-0.3, -0.25) is 4.90 Å². The van der Waals surface area contributed by atoms with Gasteiger partial charge in [-0.05, 0) is 13.5 Å². The molecular weight excluding hydrogens is 140 g/mol. The van der Waals surface area contributed by atoms with Crippen LogP contribution in [0, 0.1) is 0 Å². The zero-order valence-corrected chi connectivity index (χ0v) is 7.84. The van der Waals surface area contributed by atoms with E-state index >= 15 is 0 Å². The Morgan fingerprint density at radius 1 is 1.55 bits per heavy atom. The highest BCUT2D eigenvalue weighted by atomic mass is 16.5. The van der Waals surface area contributed by atoms with Gasteiger partial charge in [-0.15, -0.1) is 0 Å².